The van der Waals surface area contributed by atoms with Crippen LogP contribution in [-0.4, -0.2) is 16.5 Å². The summed E-state index contributed by atoms with van der Waals surface area (Å²) in [6.45, 7) is 8.32. The second kappa shape index (κ2) is 6.37. The van der Waals surface area contributed by atoms with Crippen LogP contribution in [-0.2, 0) is 9.59 Å². The third-order valence-electron chi connectivity index (χ3n) is 6.16. The molecular formula is C23H26N2O4. The van der Waals surface area contributed by atoms with Crippen molar-refractivity contribution in [3.63, 3.8) is 0 Å². The summed E-state index contributed by atoms with van der Waals surface area (Å²) in [4.78, 5) is 37.0. The molecule has 1 aliphatic heterocycles. The Balaban J connectivity index is 1.89. The zero-order valence-corrected chi connectivity index (χ0v) is 17.3. The first-order valence-electron chi connectivity index (χ1n) is 10.0. The summed E-state index contributed by atoms with van der Waals surface area (Å²) in [5.74, 6) is -0.346. The molecule has 0 fully saturated rings. The molecule has 1 aromatic rings. The van der Waals surface area contributed by atoms with Gasteiger partial charge in [-0.2, -0.15) is 0 Å². The largest absolute Gasteiger partial charge is 0.362 e. The van der Waals surface area contributed by atoms with Crippen LogP contribution >= 0.6 is 0 Å². The number of hydrogen-bond donors (Lipinski definition) is 1. The normalized spacial score (nSPS) is 23.4. The van der Waals surface area contributed by atoms with Gasteiger partial charge in [-0.15, -0.1) is 0 Å². The number of nitrogens with one attached hydrogen (secondary N) is 1. The van der Waals surface area contributed by atoms with Gasteiger partial charge in [-0.05, 0) is 29.2 Å². The van der Waals surface area contributed by atoms with Crippen molar-refractivity contribution in [2.24, 2.45) is 10.8 Å². The van der Waals surface area contributed by atoms with Crippen molar-refractivity contribution in [1.29, 1.82) is 0 Å². The second-order valence-electron chi connectivity index (χ2n) is 10.1. The Kier molecular flexibility index (Phi) is 4.30. The molecule has 1 aromatic carbocycles. The first kappa shape index (κ1) is 19.6. The van der Waals surface area contributed by atoms with Crippen molar-refractivity contribution >= 4 is 17.3 Å². The standard InChI is InChI=1S/C23H26N2O4/c1-22(2)9-15-20(17(26)11-22)19(13-5-7-14(8-6-13)25(28)29)21-16(24-15)10-23(3,4)12-18(21)27/h5-8,19,24H,9-12H2,1-4H3. The average Bonchev–Trinajstić information content (AvgIpc) is 2.57. The molecule has 0 unspecified atom stereocenters. The van der Waals surface area contributed by atoms with Crippen molar-refractivity contribution in [3.8, 4) is 0 Å². The Morgan fingerprint density at radius 1 is 0.862 bits per heavy atom. The fourth-order valence-electron chi connectivity index (χ4n) is 5.01. The van der Waals surface area contributed by atoms with Crippen LogP contribution in [0.25, 0.3) is 0 Å². The van der Waals surface area contributed by atoms with E-state index in [0.29, 0.717) is 24.0 Å². The molecule has 0 aromatic heterocycles. The van der Waals surface area contributed by atoms with Gasteiger partial charge >= 0.3 is 0 Å². The molecule has 0 radical (unpaired) electrons. The van der Waals surface area contributed by atoms with E-state index in [1.165, 1.54) is 12.1 Å². The summed E-state index contributed by atoms with van der Waals surface area (Å²) in [5.41, 5.74) is 3.59. The number of benzene rings is 1. The molecule has 0 spiro atoms. The number of non-ortho nitro benzene ring substituents is 1. The molecule has 0 amide bonds. The highest BCUT2D eigenvalue weighted by molar-refractivity contribution is 6.06. The summed E-state index contributed by atoms with van der Waals surface area (Å²) in [7, 11) is 0. The van der Waals surface area contributed by atoms with Gasteiger partial charge in [-0.1, -0.05) is 39.8 Å². The molecule has 29 heavy (non-hydrogen) atoms. The van der Waals surface area contributed by atoms with Crippen LogP contribution in [0.3, 0.4) is 0 Å². The quantitative estimate of drug-likeness (QED) is 0.586. The lowest BCUT2D eigenvalue weighted by atomic mass is 9.64. The Bertz CT molecular complexity index is 944. The van der Waals surface area contributed by atoms with E-state index >= 15 is 0 Å². The van der Waals surface area contributed by atoms with E-state index < -0.39 is 10.8 Å². The fourth-order valence-corrected chi connectivity index (χ4v) is 5.01. The van der Waals surface area contributed by atoms with Gasteiger partial charge in [0.15, 0.2) is 11.6 Å². The molecule has 4 rings (SSSR count). The van der Waals surface area contributed by atoms with Crippen LogP contribution in [0.15, 0.2) is 46.8 Å². The third kappa shape index (κ3) is 3.41. The van der Waals surface area contributed by atoms with Gasteiger partial charge in [0.25, 0.3) is 5.69 Å². The van der Waals surface area contributed by atoms with Crippen LogP contribution in [0.5, 0.6) is 0 Å². The lowest BCUT2D eigenvalue weighted by Gasteiger charge is -2.43. The maximum atomic E-state index is 13.2. The molecule has 1 N–H and O–H groups in total. The lowest BCUT2D eigenvalue weighted by molar-refractivity contribution is -0.384. The van der Waals surface area contributed by atoms with Gasteiger partial charge in [0.1, 0.15) is 0 Å². The van der Waals surface area contributed by atoms with Crippen molar-refractivity contribution < 1.29 is 14.5 Å². The maximum absolute atomic E-state index is 13.2. The summed E-state index contributed by atoms with van der Waals surface area (Å²) < 4.78 is 0. The second-order valence-corrected chi connectivity index (χ2v) is 10.1. The summed E-state index contributed by atoms with van der Waals surface area (Å²) in [6, 6.07) is 6.27. The predicted octanol–water partition coefficient (Wildman–Crippen LogP) is 4.57. The van der Waals surface area contributed by atoms with Crippen LogP contribution in [0.1, 0.15) is 64.9 Å². The minimum atomic E-state index is -0.450. The van der Waals surface area contributed by atoms with Crippen LogP contribution in [0, 0.1) is 20.9 Å². The molecule has 2 aliphatic carbocycles. The molecule has 6 heteroatoms. The van der Waals surface area contributed by atoms with E-state index in [1.807, 2.05) is 0 Å². The Morgan fingerprint density at radius 2 is 1.31 bits per heavy atom. The lowest BCUT2D eigenvalue weighted by Crippen LogP contribution is -2.42. The van der Waals surface area contributed by atoms with Gasteiger partial charge in [0.2, 0.25) is 0 Å². The highest BCUT2D eigenvalue weighted by atomic mass is 16.6. The summed E-state index contributed by atoms with van der Waals surface area (Å²) in [6.07, 6.45) is 2.34. The highest BCUT2D eigenvalue weighted by Gasteiger charge is 2.46. The van der Waals surface area contributed by atoms with Gasteiger partial charge in [-0.3, -0.25) is 19.7 Å². The van der Waals surface area contributed by atoms with Crippen molar-refractivity contribution in [2.45, 2.75) is 59.3 Å². The van der Waals surface area contributed by atoms with Gasteiger partial charge in [0, 0.05) is 53.4 Å². The molecule has 152 valence electrons. The Hall–Kier alpha value is -2.76. The van der Waals surface area contributed by atoms with E-state index in [4.69, 9.17) is 0 Å². The molecule has 6 nitrogen and oxygen atoms in total. The van der Waals surface area contributed by atoms with Crippen LogP contribution < -0.4 is 5.32 Å². The van der Waals surface area contributed by atoms with Gasteiger partial charge in [0.05, 0.1) is 4.92 Å². The Morgan fingerprint density at radius 3 is 1.72 bits per heavy atom. The van der Waals surface area contributed by atoms with E-state index in [1.54, 1.807) is 12.1 Å². The number of hydrogen-bond acceptors (Lipinski definition) is 5. The molecule has 3 aliphatic rings. The fraction of sp³-hybridized carbons (Fsp3) is 0.478. The van der Waals surface area contributed by atoms with E-state index in [2.05, 4.69) is 33.0 Å². The number of dihydropyridines is 1. The monoisotopic (exact) mass is 394 g/mol. The van der Waals surface area contributed by atoms with E-state index in [-0.39, 0.29) is 28.1 Å². The summed E-state index contributed by atoms with van der Waals surface area (Å²) in [5, 5.41) is 14.5. The zero-order chi connectivity index (χ0) is 21.1. The van der Waals surface area contributed by atoms with Crippen molar-refractivity contribution in [2.75, 3.05) is 0 Å². The molecule has 0 saturated carbocycles. The predicted molar refractivity (Wildman–Crippen MR) is 109 cm³/mol. The topological polar surface area (TPSA) is 89.3 Å². The minimum Gasteiger partial charge on any atom is -0.362 e. The van der Waals surface area contributed by atoms with E-state index in [9.17, 15) is 19.7 Å². The Labute approximate surface area is 170 Å². The molecule has 0 bridgehead atoms. The zero-order valence-electron chi connectivity index (χ0n) is 17.3. The van der Waals surface area contributed by atoms with Gasteiger partial charge < -0.3 is 5.32 Å². The molecule has 1 heterocycles. The average molecular weight is 394 g/mol. The summed E-state index contributed by atoms with van der Waals surface area (Å²) >= 11 is 0. The smallest absolute Gasteiger partial charge is 0.269 e. The first-order valence-corrected chi connectivity index (χ1v) is 10.0. The highest BCUT2D eigenvalue weighted by Crippen LogP contribution is 2.51. The molecule has 0 saturated heterocycles. The number of nitrogens with zero attached hydrogens (tertiary/aromatic N) is 1. The number of ketones is 2. The molecular weight excluding hydrogens is 368 g/mol. The van der Waals surface area contributed by atoms with Gasteiger partial charge in [-0.25, -0.2) is 0 Å². The number of nitro groups is 1. The molecule has 0 atom stereocenters. The number of Topliss-reactive ketones (excluding diaryl/α,β-unsaturated/α-hetero) is 2. The number of allylic oxidation sites excluding steroid dienone is 4. The van der Waals surface area contributed by atoms with Crippen LogP contribution in [0.4, 0.5) is 5.69 Å². The van der Waals surface area contributed by atoms with Crippen LogP contribution in [0.2, 0.25) is 0 Å². The maximum Gasteiger partial charge on any atom is 0.269 e. The third-order valence-corrected chi connectivity index (χ3v) is 6.16. The number of carbonyl (C=O) groups excluding carboxylic acids is 2. The minimum absolute atomic E-state index is 0.00158. The number of nitro benzene ring substituents is 1. The first-order chi connectivity index (χ1) is 13.5. The van der Waals surface area contributed by atoms with E-state index in [0.717, 1.165) is 29.8 Å². The number of carbonyl (C=O) groups is 2. The van der Waals surface area contributed by atoms with Crippen molar-refractivity contribution in [1.82, 2.24) is 5.32 Å². The van der Waals surface area contributed by atoms with Crippen molar-refractivity contribution in [3.05, 3.63) is 62.5 Å². The SMILES string of the molecule is CC1(C)CC(=O)C2=C(C1)NC1=C(C(=O)CC(C)(C)C1)C2c1ccc([N+](=O)[O-])cc1. The number of rotatable bonds is 2.